The summed E-state index contributed by atoms with van der Waals surface area (Å²) in [5, 5.41) is 18.9. The molecule has 0 spiro atoms. The third-order valence-corrected chi connectivity index (χ3v) is 8.62. The predicted molar refractivity (Wildman–Crippen MR) is 230 cm³/mol. The Morgan fingerprint density at radius 1 is 0.532 bits per heavy atom. The third kappa shape index (κ3) is 20.2. The number of rotatable bonds is 29. The summed E-state index contributed by atoms with van der Waals surface area (Å²) in [5.41, 5.74) is 2.41. The summed E-state index contributed by atoms with van der Waals surface area (Å²) >= 11 is 0. The zero-order valence-corrected chi connectivity index (χ0v) is 35.3. The minimum Gasteiger partial charge on any atom is -0.464 e. The van der Waals surface area contributed by atoms with Crippen molar-refractivity contribution in [2.45, 2.75) is 52.4 Å². The van der Waals surface area contributed by atoms with Crippen molar-refractivity contribution in [3.8, 4) is 12.1 Å². The second kappa shape index (κ2) is 29.9. The Labute approximate surface area is 362 Å². The summed E-state index contributed by atoms with van der Waals surface area (Å²) in [6.07, 6.45) is 8.10. The minimum atomic E-state index is -0.851. The average Bonchev–Trinajstić information content (AvgIpc) is 3.29. The minimum absolute atomic E-state index is 0.0870. The Morgan fingerprint density at radius 3 is 1.21 bits per heavy atom. The second-order valence-electron chi connectivity index (χ2n) is 13.2. The van der Waals surface area contributed by atoms with E-state index in [9.17, 15) is 39.3 Å². The highest BCUT2D eigenvalue weighted by atomic mass is 16.6. The summed E-state index contributed by atoms with van der Waals surface area (Å²) in [4.78, 5) is 76.0. The molecule has 2 aromatic carbocycles. The normalized spacial score (nSPS) is 10.8. The molecule has 330 valence electrons. The Balaban J connectivity index is 1.85. The molecule has 0 bridgehead atoms. The molecule has 2 aromatic rings. The highest BCUT2D eigenvalue weighted by Gasteiger charge is 2.15. The fourth-order valence-corrected chi connectivity index (χ4v) is 5.32. The number of carbonyl (C=O) groups is 6. The molecule has 62 heavy (non-hydrogen) atoms. The number of unbranched alkanes of at least 4 members (excludes halogenated alkanes) is 2. The molecule has 16 nitrogen and oxygen atoms in total. The highest BCUT2D eigenvalue weighted by Crippen LogP contribution is 2.20. The van der Waals surface area contributed by atoms with Gasteiger partial charge in [-0.05, 0) is 60.4 Å². The van der Waals surface area contributed by atoms with Crippen molar-refractivity contribution >= 4 is 59.3 Å². The lowest BCUT2D eigenvalue weighted by molar-refractivity contribution is -0.150. The van der Waals surface area contributed by atoms with Crippen LogP contribution in [-0.2, 0) is 57.2 Å². The number of nitrogens with zero attached hydrogens (tertiary/aromatic N) is 4. The molecular weight excluding hydrogens is 801 g/mol. The number of carbonyl (C=O) groups excluding carboxylic acids is 6. The molecule has 2 rings (SSSR count). The zero-order chi connectivity index (χ0) is 45.5. The molecule has 0 aliphatic heterocycles. The Bertz CT molecular complexity index is 1820. The van der Waals surface area contributed by atoms with Crippen LogP contribution in [-0.4, -0.2) is 102 Å². The SMILES string of the molecule is C=CC(=O)OCCOC(=O)/C(C#N)=C/c1ccc(N(CCCC)CCOC(=O)CCC(=O)OCCN(CCCC)c2ccc(/C=C(\C#N)C(=O)OCCOC(=O)C=C)cc2)cc1. The van der Waals surface area contributed by atoms with Gasteiger partial charge in [0.2, 0.25) is 0 Å². The number of nitriles is 2. The van der Waals surface area contributed by atoms with Gasteiger partial charge in [-0.2, -0.15) is 10.5 Å². The van der Waals surface area contributed by atoms with Crippen LogP contribution in [0.2, 0.25) is 0 Å². The molecular formula is C46H54N4O12. The molecule has 0 unspecified atom stereocenters. The molecule has 16 heteroatoms. The Morgan fingerprint density at radius 2 is 0.887 bits per heavy atom. The van der Waals surface area contributed by atoms with E-state index in [-0.39, 0.29) is 63.6 Å². The van der Waals surface area contributed by atoms with E-state index in [0.717, 1.165) is 49.2 Å². The van der Waals surface area contributed by atoms with Crippen LogP contribution in [0.15, 0.2) is 85.0 Å². The van der Waals surface area contributed by atoms with Gasteiger partial charge in [-0.3, -0.25) is 9.59 Å². The van der Waals surface area contributed by atoms with Crippen LogP contribution >= 0.6 is 0 Å². The van der Waals surface area contributed by atoms with Crippen LogP contribution in [0.4, 0.5) is 11.4 Å². The first-order chi connectivity index (χ1) is 30.0. The van der Waals surface area contributed by atoms with Crippen LogP contribution in [0.25, 0.3) is 12.2 Å². The lowest BCUT2D eigenvalue weighted by Crippen LogP contribution is -2.30. The van der Waals surface area contributed by atoms with Crippen molar-refractivity contribution in [3.63, 3.8) is 0 Å². The summed E-state index contributed by atoms with van der Waals surface area (Å²) < 4.78 is 30.4. The van der Waals surface area contributed by atoms with E-state index in [1.165, 1.54) is 12.2 Å². The van der Waals surface area contributed by atoms with Gasteiger partial charge < -0.3 is 38.2 Å². The molecule has 0 heterocycles. The molecule has 0 aromatic heterocycles. The number of benzene rings is 2. The van der Waals surface area contributed by atoms with Gasteiger partial charge in [-0.15, -0.1) is 0 Å². The zero-order valence-electron chi connectivity index (χ0n) is 35.3. The first kappa shape index (κ1) is 50.9. The maximum atomic E-state index is 12.5. The monoisotopic (exact) mass is 854 g/mol. The third-order valence-electron chi connectivity index (χ3n) is 8.62. The Kier molecular flexibility index (Phi) is 24.6. The molecule has 0 saturated heterocycles. The number of ether oxygens (including phenoxy) is 6. The van der Waals surface area contributed by atoms with Crippen molar-refractivity contribution in [3.05, 3.63) is 96.1 Å². The van der Waals surface area contributed by atoms with Gasteiger partial charge in [-0.1, -0.05) is 64.1 Å². The van der Waals surface area contributed by atoms with Crippen LogP contribution in [0.3, 0.4) is 0 Å². The summed E-state index contributed by atoms with van der Waals surface area (Å²) in [6.45, 7) is 12.3. The van der Waals surface area contributed by atoms with Gasteiger partial charge >= 0.3 is 35.8 Å². The van der Waals surface area contributed by atoms with Gasteiger partial charge in [0, 0.05) is 36.6 Å². The predicted octanol–water partition coefficient (Wildman–Crippen LogP) is 5.83. The lowest BCUT2D eigenvalue weighted by atomic mass is 10.1. The molecule has 0 aliphatic rings. The summed E-state index contributed by atoms with van der Waals surface area (Å²) in [5.74, 6) is -4.07. The quantitative estimate of drug-likeness (QED) is 0.0310. The largest absolute Gasteiger partial charge is 0.464 e. The lowest BCUT2D eigenvalue weighted by Gasteiger charge is -2.25. The molecule has 0 aliphatic carbocycles. The van der Waals surface area contributed by atoms with Crippen molar-refractivity contribution in [1.82, 2.24) is 0 Å². The topological polar surface area (TPSA) is 212 Å². The van der Waals surface area contributed by atoms with Gasteiger partial charge in [0.25, 0.3) is 0 Å². The van der Waals surface area contributed by atoms with Crippen molar-refractivity contribution in [1.29, 1.82) is 10.5 Å². The standard InChI is InChI=1S/C46H54N4O12/c1-5-9-21-49(39-15-11-35(12-16-39)31-37(33-47)45(55)61-29-27-59-41(51)7-3)23-25-57-43(53)19-20-44(54)58-26-24-50(22-10-6-2)40-17-13-36(14-18-40)32-38(34-48)46(56)62-30-28-60-42(52)8-4/h7-8,11-18,31-32H,3-6,9-10,19-30H2,1-2H3/b37-31+,38-32+. The summed E-state index contributed by atoms with van der Waals surface area (Å²) in [6, 6.07) is 17.9. The van der Waals surface area contributed by atoms with E-state index >= 15 is 0 Å². The Hall–Kier alpha value is -7.20. The molecule has 0 atom stereocenters. The van der Waals surface area contributed by atoms with E-state index in [2.05, 4.69) is 27.0 Å². The van der Waals surface area contributed by atoms with Crippen LogP contribution in [0.5, 0.6) is 0 Å². The van der Waals surface area contributed by atoms with Crippen LogP contribution in [0, 0.1) is 22.7 Å². The highest BCUT2D eigenvalue weighted by molar-refractivity contribution is 5.98. The number of anilines is 2. The van der Waals surface area contributed by atoms with Gasteiger partial charge in [-0.25, -0.2) is 19.2 Å². The number of esters is 6. The fourth-order valence-electron chi connectivity index (χ4n) is 5.32. The summed E-state index contributed by atoms with van der Waals surface area (Å²) in [7, 11) is 0. The smallest absolute Gasteiger partial charge is 0.349 e. The number of hydrogen-bond donors (Lipinski definition) is 0. The fraction of sp³-hybridized carbons (Fsp3) is 0.391. The first-order valence-corrected chi connectivity index (χ1v) is 20.2. The van der Waals surface area contributed by atoms with E-state index in [0.29, 0.717) is 37.3 Å². The average molecular weight is 855 g/mol. The van der Waals surface area contributed by atoms with E-state index in [1.54, 1.807) is 24.3 Å². The van der Waals surface area contributed by atoms with Crippen LogP contribution < -0.4 is 9.80 Å². The first-order valence-electron chi connectivity index (χ1n) is 20.2. The molecule has 0 radical (unpaired) electrons. The molecule has 0 fully saturated rings. The maximum absolute atomic E-state index is 12.5. The molecule has 0 saturated carbocycles. The second-order valence-corrected chi connectivity index (χ2v) is 13.2. The number of hydrogen-bond acceptors (Lipinski definition) is 16. The molecule has 0 amide bonds. The van der Waals surface area contributed by atoms with Crippen molar-refractivity contribution < 1.29 is 57.2 Å². The molecule has 0 N–H and O–H groups in total. The van der Waals surface area contributed by atoms with Gasteiger partial charge in [0.1, 0.15) is 62.9 Å². The van der Waals surface area contributed by atoms with E-state index in [1.807, 2.05) is 46.2 Å². The van der Waals surface area contributed by atoms with E-state index < -0.39 is 35.8 Å². The van der Waals surface area contributed by atoms with Crippen molar-refractivity contribution in [2.24, 2.45) is 0 Å². The van der Waals surface area contributed by atoms with E-state index in [4.69, 9.17) is 28.4 Å². The maximum Gasteiger partial charge on any atom is 0.349 e. The van der Waals surface area contributed by atoms with Gasteiger partial charge in [0.05, 0.1) is 25.9 Å². The van der Waals surface area contributed by atoms with Gasteiger partial charge in [0.15, 0.2) is 0 Å². The van der Waals surface area contributed by atoms with Crippen LogP contribution in [0.1, 0.15) is 63.5 Å². The van der Waals surface area contributed by atoms with Crippen molar-refractivity contribution in [2.75, 3.05) is 75.6 Å².